The molecule has 0 radical (unpaired) electrons. The van der Waals surface area contributed by atoms with Gasteiger partial charge in [0.2, 0.25) is 0 Å². The molecule has 0 saturated heterocycles. The quantitative estimate of drug-likeness (QED) is 0.536. The molecule has 6 nitrogen and oxygen atoms in total. The number of pyridine rings is 1. The van der Waals surface area contributed by atoms with Gasteiger partial charge in [0, 0.05) is 23.5 Å². The summed E-state index contributed by atoms with van der Waals surface area (Å²) in [6.45, 7) is 2.06. The van der Waals surface area contributed by atoms with Crippen LogP contribution in [0, 0.1) is 6.92 Å². The molecule has 1 saturated carbocycles. The van der Waals surface area contributed by atoms with E-state index in [1.165, 1.54) is 32.1 Å². The average molecular weight is 372 g/mol. The lowest BCUT2D eigenvalue weighted by molar-refractivity contribution is 0.329. The molecule has 3 aromatic heterocycles. The van der Waals surface area contributed by atoms with E-state index in [1.807, 2.05) is 24.5 Å². The number of nitrogen functional groups attached to an aromatic ring is 1. The Kier molecular flexibility index (Phi) is 4.11. The minimum Gasteiger partial charge on any atom is -0.383 e. The number of hydrogen-bond acceptors (Lipinski definition) is 4. The Bertz CT molecular complexity index is 1130. The third kappa shape index (κ3) is 2.95. The van der Waals surface area contributed by atoms with E-state index in [-0.39, 0.29) is 0 Å². The number of aromatic nitrogens is 5. The highest BCUT2D eigenvalue weighted by molar-refractivity contribution is 5.85. The van der Waals surface area contributed by atoms with Crippen molar-refractivity contribution in [3.63, 3.8) is 0 Å². The first-order valence-electron chi connectivity index (χ1n) is 9.95. The fourth-order valence-corrected chi connectivity index (χ4v) is 4.16. The standard InChI is InChI=1S/C22H24N6/c1-14-6-5-9-19-20(14)27-22(26-19)18-10-15(11-24-21(18)23)16-12-25-28(13-16)17-7-3-2-4-8-17/h5-6,9-13,17H,2-4,7-8H2,1H3,(H2,23,24)(H,26,27). The summed E-state index contributed by atoms with van der Waals surface area (Å²) in [6, 6.07) is 8.68. The average Bonchev–Trinajstić information content (AvgIpc) is 3.37. The van der Waals surface area contributed by atoms with Gasteiger partial charge in [0.1, 0.15) is 11.6 Å². The summed E-state index contributed by atoms with van der Waals surface area (Å²) in [5, 5.41) is 4.62. The predicted octanol–water partition coefficient (Wildman–Crippen LogP) is 4.88. The van der Waals surface area contributed by atoms with Gasteiger partial charge in [-0.15, -0.1) is 0 Å². The number of rotatable bonds is 3. The van der Waals surface area contributed by atoms with Crippen LogP contribution in [-0.2, 0) is 0 Å². The van der Waals surface area contributed by atoms with Crippen LogP contribution in [0.1, 0.15) is 43.7 Å². The molecule has 3 heterocycles. The molecular formula is C22H24N6. The van der Waals surface area contributed by atoms with Crippen molar-refractivity contribution in [2.75, 3.05) is 5.73 Å². The van der Waals surface area contributed by atoms with Gasteiger partial charge in [-0.3, -0.25) is 4.68 Å². The van der Waals surface area contributed by atoms with Gasteiger partial charge in [-0.25, -0.2) is 9.97 Å². The molecule has 1 aromatic carbocycles. The second-order valence-corrected chi connectivity index (χ2v) is 7.71. The van der Waals surface area contributed by atoms with E-state index < -0.39 is 0 Å². The first kappa shape index (κ1) is 17.0. The van der Waals surface area contributed by atoms with Gasteiger partial charge in [0.25, 0.3) is 0 Å². The van der Waals surface area contributed by atoms with E-state index in [9.17, 15) is 0 Å². The highest BCUT2D eigenvalue weighted by Crippen LogP contribution is 2.32. The summed E-state index contributed by atoms with van der Waals surface area (Å²) in [5.41, 5.74) is 12.2. The molecule has 0 bridgehead atoms. The van der Waals surface area contributed by atoms with E-state index >= 15 is 0 Å². The molecule has 142 valence electrons. The zero-order valence-corrected chi connectivity index (χ0v) is 16.0. The molecule has 0 spiro atoms. The molecular weight excluding hydrogens is 348 g/mol. The molecule has 28 heavy (non-hydrogen) atoms. The van der Waals surface area contributed by atoms with Crippen molar-refractivity contribution in [1.29, 1.82) is 0 Å². The fourth-order valence-electron chi connectivity index (χ4n) is 4.16. The predicted molar refractivity (Wildman–Crippen MR) is 112 cm³/mol. The Hall–Kier alpha value is -3.15. The highest BCUT2D eigenvalue weighted by atomic mass is 15.3. The Balaban J connectivity index is 1.52. The Morgan fingerprint density at radius 2 is 1.96 bits per heavy atom. The monoisotopic (exact) mass is 372 g/mol. The molecule has 3 N–H and O–H groups in total. The van der Waals surface area contributed by atoms with E-state index in [2.05, 4.69) is 45.0 Å². The molecule has 0 aliphatic heterocycles. The van der Waals surface area contributed by atoms with Crippen LogP contribution in [0.15, 0.2) is 42.9 Å². The van der Waals surface area contributed by atoms with Crippen molar-refractivity contribution in [2.45, 2.75) is 45.1 Å². The maximum atomic E-state index is 6.19. The highest BCUT2D eigenvalue weighted by Gasteiger charge is 2.17. The maximum Gasteiger partial charge on any atom is 0.142 e. The van der Waals surface area contributed by atoms with Gasteiger partial charge >= 0.3 is 0 Å². The van der Waals surface area contributed by atoms with Crippen molar-refractivity contribution in [3.8, 4) is 22.5 Å². The van der Waals surface area contributed by atoms with E-state index in [4.69, 9.17) is 10.7 Å². The van der Waals surface area contributed by atoms with Crippen LogP contribution in [-0.4, -0.2) is 24.7 Å². The van der Waals surface area contributed by atoms with Crippen LogP contribution >= 0.6 is 0 Å². The molecule has 1 aliphatic carbocycles. The van der Waals surface area contributed by atoms with E-state index in [1.54, 1.807) is 0 Å². The zero-order chi connectivity index (χ0) is 19.1. The number of nitrogens with one attached hydrogen (secondary N) is 1. The maximum absolute atomic E-state index is 6.19. The molecule has 5 rings (SSSR count). The number of fused-ring (bicyclic) bond motifs is 1. The smallest absolute Gasteiger partial charge is 0.142 e. The zero-order valence-electron chi connectivity index (χ0n) is 16.0. The number of para-hydroxylation sites is 1. The summed E-state index contributed by atoms with van der Waals surface area (Å²) in [7, 11) is 0. The molecule has 0 amide bonds. The number of aromatic amines is 1. The number of anilines is 1. The molecule has 0 unspecified atom stereocenters. The fraction of sp³-hybridized carbons (Fsp3) is 0.318. The van der Waals surface area contributed by atoms with E-state index in [0.29, 0.717) is 11.9 Å². The molecule has 1 aliphatic rings. The number of benzene rings is 1. The lowest BCUT2D eigenvalue weighted by Gasteiger charge is -2.21. The lowest BCUT2D eigenvalue weighted by atomic mass is 9.96. The number of aryl methyl sites for hydroxylation is 1. The topological polar surface area (TPSA) is 85.4 Å². The molecule has 1 fully saturated rings. The van der Waals surface area contributed by atoms with Crippen molar-refractivity contribution in [1.82, 2.24) is 24.7 Å². The number of hydrogen-bond donors (Lipinski definition) is 2. The van der Waals surface area contributed by atoms with Crippen LogP contribution in [0.25, 0.3) is 33.5 Å². The summed E-state index contributed by atoms with van der Waals surface area (Å²) < 4.78 is 2.12. The minimum atomic E-state index is 0.472. The first-order valence-corrected chi connectivity index (χ1v) is 9.95. The van der Waals surface area contributed by atoms with Crippen LogP contribution in [0.5, 0.6) is 0 Å². The minimum absolute atomic E-state index is 0.472. The second-order valence-electron chi connectivity index (χ2n) is 7.71. The summed E-state index contributed by atoms with van der Waals surface area (Å²) in [6.07, 6.45) is 12.2. The molecule has 6 heteroatoms. The van der Waals surface area contributed by atoms with Crippen molar-refractivity contribution in [2.24, 2.45) is 0 Å². The Labute approximate surface area is 163 Å². The normalized spacial score (nSPS) is 15.3. The van der Waals surface area contributed by atoms with Crippen LogP contribution in [0.2, 0.25) is 0 Å². The third-order valence-corrected chi connectivity index (χ3v) is 5.77. The van der Waals surface area contributed by atoms with Crippen LogP contribution < -0.4 is 5.73 Å². The molecule has 0 atom stereocenters. The number of imidazole rings is 1. The van der Waals surface area contributed by atoms with Gasteiger partial charge in [0.05, 0.1) is 28.8 Å². The largest absolute Gasteiger partial charge is 0.383 e. The number of nitrogens with two attached hydrogens (primary N) is 1. The number of H-pyrrole nitrogens is 1. The summed E-state index contributed by atoms with van der Waals surface area (Å²) in [5.74, 6) is 1.22. The SMILES string of the molecule is Cc1cccc2[nH]c(-c3cc(-c4cnn(C5CCCCC5)c4)cnc3N)nc12. The Morgan fingerprint density at radius 3 is 2.79 bits per heavy atom. The summed E-state index contributed by atoms with van der Waals surface area (Å²) >= 11 is 0. The van der Waals surface area contributed by atoms with Gasteiger partial charge in [-0.2, -0.15) is 5.10 Å². The number of nitrogens with zero attached hydrogens (tertiary/aromatic N) is 4. The van der Waals surface area contributed by atoms with Gasteiger partial charge in [-0.1, -0.05) is 31.4 Å². The van der Waals surface area contributed by atoms with Gasteiger partial charge in [0.15, 0.2) is 0 Å². The van der Waals surface area contributed by atoms with Crippen LogP contribution in [0.3, 0.4) is 0 Å². The second kappa shape index (κ2) is 6.78. The van der Waals surface area contributed by atoms with Gasteiger partial charge < -0.3 is 10.7 Å². The molecule has 4 aromatic rings. The summed E-state index contributed by atoms with van der Waals surface area (Å²) in [4.78, 5) is 12.6. The first-order chi connectivity index (χ1) is 13.7. The third-order valence-electron chi connectivity index (χ3n) is 5.77. The Morgan fingerprint density at radius 1 is 1.11 bits per heavy atom. The van der Waals surface area contributed by atoms with E-state index in [0.717, 1.165) is 39.1 Å². The lowest BCUT2D eigenvalue weighted by Crippen LogP contribution is -2.12. The van der Waals surface area contributed by atoms with Crippen molar-refractivity contribution in [3.05, 3.63) is 48.4 Å². The van der Waals surface area contributed by atoms with Crippen molar-refractivity contribution < 1.29 is 0 Å². The van der Waals surface area contributed by atoms with Crippen molar-refractivity contribution >= 4 is 16.9 Å². The van der Waals surface area contributed by atoms with Crippen LogP contribution in [0.4, 0.5) is 5.82 Å². The van der Waals surface area contributed by atoms with Gasteiger partial charge in [-0.05, 0) is 37.5 Å².